The van der Waals surface area contributed by atoms with Gasteiger partial charge in [0, 0.05) is 26.3 Å². The standard InChI is InChI=1S/C12H25NO3/c1-10(9-14-3)15-8-6-13-11(2)12-5-4-7-16-12/h10-13H,4-9H2,1-3H3. The van der Waals surface area contributed by atoms with Crippen LogP contribution < -0.4 is 5.32 Å². The molecule has 4 nitrogen and oxygen atoms in total. The minimum Gasteiger partial charge on any atom is -0.382 e. The number of rotatable bonds is 8. The van der Waals surface area contributed by atoms with Crippen molar-refractivity contribution in [2.24, 2.45) is 0 Å². The van der Waals surface area contributed by atoms with Gasteiger partial charge in [0.05, 0.1) is 25.4 Å². The first-order chi connectivity index (χ1) is 7.74. The van der Waals surface area contributed by atoms with Gasteiger partial charge in [0.15, 0.2) is 0 Å². The lowest BCUT2D eigenvalue weighted by atomic mass is 10.1. The van der Waals surface area contributed by atoms with E-state index in [0.29, 0.717) is 18.8 Å². The Balaban J connectivity index is 1.97. The molecule has 1 aliphatic rings. The maximum Gasteiger partial charge on any atom is 0.0780 e. The quantitative estimate of drug-likeness (QED) is 0.637. The van der Waals surface area contributed by atoms with E-state index >= 15 is 0 Å². The summed E-state index contributed by atoms with van der Waals surface area (Å²) in [4.78, 5) is 0. The minimum atomic E-state index is 0.171. The lowest BCUT2D eigenvalue weighted by molar-refractivity contribution is 0.00789. The van der Waals surface area contributed by atoms with Crippen LogP contribution in [0.2, 0.25) is 0 Å². The maximum absolute atomic E-state index is 5.61. The number of nitrogens with one attached hydrogen (secondary N) is 1. The molecule has 1 fully saturated rings. The van der Waals surface area contributed by atoms with E-state index in [9.17, 15) is 0 Å². The van der Waals surface area contributed by atoms with Crippen molar-refractivity contribution in [2.75, 3.05) is 33.5 Å². The third-order valence-corrected chi connectivity index (χ3v) is 2.89. The molecule has 0 saturated carbocycles. The molecule has 4 heteroatoms. The number of hydrogen-bond acceptors (Lipinski definition) is 4. The minimum absolute atomic E-state index is 0.171. The van der Waals surface area contributed by atoms with Crippen molar-refractivity contribution in [1.29, 1.82) is 0 Å². The summed E-state index contributed by atoms with van der Waals surface area (Å²) in [7, 11) is 1.69. The predicted molar refractivity (Wildman–Crippen MR) is 63.7 cm³/mol. The summed E-state index contributed by atoms with van der Waals surface area (Å²) in [5, 5.41) is 3.43. The smallest absolute Gasteiger partial charge is 0.0780 e. The maximum atomic E-state index is 5.61. The van der Waals surface area contributed by atoms with Crippen LogP contribution in [0.5, 0.6) is 0 Å². The Kier molecular flexibility index (Phi) is 6.96. The molecule has 0 aliphatic carbocycles. The molecule has 96 valence electrons. The van der Waals surface area contributed by atoms with Crippen molar-refractivity contribution in [2.45, 2.75) is 44.9 Å². The normalized spacial score (nSPS) is 24.6. The van der Waals surface area contributed by atoms with Crippen LogP contribution in [0.15, 0.2) is 0 Å². The molecule has 0 bridgehead atoms. The fraction of sp³-hybridized carbons (Fsp3) is 1.00. The highest BCUT2D eigenvalue weighted by molar-refractivity contribution is 4.76. The Morgan fingerprint density at radius 3 is 2.88 bits per heavy atom. The van der Waals surface area contributed by atoms with Gasteiger partial charge < -0.3 is 19.5 Å². The van der Waals surface area contributed by atoms with E-state index < -0.39 is 0 Å². The summed E-state index contributed by atoms with van der Waals surface area (Å²) in [5.74, 6) is 0. The van der Waals surface area contributed by atoms with Crippen LogP contribution in [0, 0.1) is 0 Å². The molecule has 0 aromatic heterocycles. The summed E-state index contributed by atoms with van der Waals surface area (Å²) >= 11 is 0. The van der Waals surface area contributed by atoms with Gasteiger partial charge in [-0.05, 0) is 26.7 Å². The molecule has 0 aromatic carbocycles. The SMILES string of the molecule is COCC(C)OCCNC(C)C1CCCO1. The molecule has 0 spiro atoms. The Morgan fingerprint density at radius 2 is 2.25 bits per heavy atom. The predicted octanol–water partition coefficient (Wildman–Crippen LogP) is 1.19. The van der Waals surface area contributed by atoms with Crippen LogP contribution in [0.3, 0.4) is 0 Å². The van der Waals surface area contributed by atoms with E-state index in [1.54, 1.807) is 7.11 Å². The Bertz CT molecular complexity index is 172. The molecule has 1 heterocycles. The lowest BCUT2D eigenvalue weighted by Gasteiger charge is -2.20. The van der Waals surface area contributed by atoms with E-state index in [4.69, 9.17) is 14.2 Å². The van der Waals surface area contributed by atoms with Gasteiger partial charge >= 0.3 is 0 Å². The third kappa shape index (κ3) is 5.25. The third-order valence-electron chi connectivity index (χ3n) is 2.89. The Labute approximate surface area is 98.6 Å². The summed E-state index contributed by atoms with van der Waals surface area (Å²) in [6.07, 6.45) is 2.92. The average molecular weight is 231 g/mol. The number of methoxy groups -OCH3 is 1. The van der Waals surface area contributed by atoms with Crippen molar-refractivity contribution in [3.8, 4) is 0 Å². The molecule has 1 saturated heterocycles. The molecule has 0 amide bonds. The van der Waals surface area contributed by atoms with Crippen LogP contribution in [-0.4, -0.2) is 51.7 Å². The number of ether oxygens (including phenoxy) is 3. The molecular weight excluding hydrogens is 206 g/mol. The zero-order valence-electron chi connectivity index (χ0n) is 10.7. The van der Waals surface area contributed by atoms with Crippen LogP contribution >= 0.6 is 0 Å². The summed E-state index contributed by atoms with van der Waals surface area (Å²) in [6.45, 7) is 7.36. The van der Waals surface area contributed by atoms with Crippen LogP contribution in [-0.2, 0) is 14.2 Å². The molecule has 3 atom stereocenters. The monoisotopic (exact) mass is 231 g/mol. The second-order valence-corrected chi connectivity index (χ2v) is 4.43. The Hall–Kier alpha value is -0.160. The first-order valence-corrected chi connectivity index (χ1v) is 6.19. The van der Waals surface area contributed by atoms with Gasteiger partial charge in [-0.25, -0.2) is 0 Å². The molecule has 1 aliphatic heterocycles. The van der Waals surface area contributed by atoms with Crippen molar-refractivity contribution >= 4 is 0 Å². The highest BCUT2D eigenvalue weighted by atomic mass is 16.5. The van der Waals surface area contributed by atoms with Gasteiger partial charge in [-0.15, -0.1) is 0 Å². The second-order valence-electron chi connectivity index (χ2n) is 4.43. The number of hydrogen-bond donors (Lipinski definition) is 1. The molecular formula is C12H25NO3. The second kappa shape index (κ2) is 8.01. The van der Waals surface area contributed by atoms with E-state index in [0.717, 1.165) is 19.8 Å². The first-order valence-electron chi connectivity index (χ1n) is 6.19. The zero-order chi connectivity index (χ0) is 11.8. The fourth-order valence-electron chi connectivity index (χ4n) is 1.96. The van der Waals surface area contributed by atoms with E-state index in [2.05, 4.69) is 12.2 Å². The van der Waals surface area contributed by atoms with E-state index in [1.807, 2.05) is 6.92 Å². The first kappa shape index (κ1) is 13.9. The van der Waals surface area contributed by atoms with Gasteiger partial charge in [-0.2, -0.15) is 0 Å². The topological polar surface area (TPSA) is 39.7 Å². The highest BCUT2D eigenvalue weighted by Crippen LogP contribution is 2.14. The van der Waals surface area contributed by atoms with Crippen molar-refractivity contribution in [1.82, 2.24) is 5.32 Å². The van der Waals surface area contributed by atoms with Crippen LogP contribution in [0.4, 0.5) is 0 Å². The highest BCUT2D eigenvalue weighted by Gasteiger charge is 2.21. The van der Waals surface area contributed by atoms with Crippen molar-refractivity contribution in [3.05, 3.63) is 0 Å². The van der Waals surface area contributed by atoms with Gasteiger partial charge in [-0.1, -0.05) is 0 Å². The van der Waals surface area contributed by atoms with E-state index in [-0.39, 0.29) is 6.10 Å². The fourth-order valence-corrected chi connectivity index (χ4v) is 1.96. The average Bonchev–Trinajstić information content (AvgIpc) is 2.78. The van der Waals surface area contributed by atoms with Crippen LogP contribution in [0.1, 0.15) is 26.7 Å². The summed E-state index contributed by atoms with van der Waals surface area (Å²) in [5.41, 5.74) is 0. The molecule has 16 heavy (non-hydrogen) atoms. The van der Waals surface area contributed by atoms with Gasteiger partial charge in [-0.3, -0.25) is 0 Å². The van der Waals surface area contributed by atoms with E-state index in [1.165, 1.54) is 12.8 Å². The summed E-state index contributed by atoms with van der Waals surface area (Å²) < 4.78 is 16.2. The molecule has 0 aromatic rings. The largest absolute Gasteiger partial charge is 0.382 e. The zero-order valence-corrected chi connectivity index (χ0v) is 10.7. The molecule has 1 rings (SSSR count). The summed E-state index contributed by atoms with van der Waals surface area (Å²) in [6, 6.07) is 0.420. The molecule has 1 N–H and O–H groups in total. The van der Waals surface area contributed by atoms with Gasteiger partial charge in [0.1, 0.15) is 0 Å². The Morgan fingerprint density at radius 1 is 1.44 bits per heavy atom. The molecule has 0 radical (unpaired) electrons. The molecule has 3 unspecified atom stereocenters. The van der Waals surface area contributed by atoms with Crippen molar-refractivity contribution in [3.63, 3.8) is 0 Å². The van der Waals surface area contributed by atoms with Crippen molar-refractivity contribution < 1.29 is 14.2 Å². The van der Waals surface area contributed by atoms with Gasteiger partial charge in [0.2, 0.25) is 0 Å². The van der Waals surface area contributed by atoms with Gasteiger partial charge in [0.25, 0.3) is 0 Å². The lowest BCUT2D eigenvalue weighted by Crippen LogP contribution is -2.39. The van der Waals surface area contributed by atoms with Crippen LogP contribution in [0.25, 0.3) is 0 Å².